The summed E-state index contributed by atoms with van der Waals surface area (Å²) in [5, 5.41) is 3.12. The van der Waals surface area contributed by atoms with Gasteiger partial charge in [-0.3, -0.25) is 0 Å². The van der Waals surface area contributed by atoms with Gasteiger partial charge in [0.25, 0.3) is 0 Å². The summed E-state index contributed by atoms with van der Waals surface area (Å²) in [5.74, 6) is 0.755. The Balaban J connectivity index is 1.82. The van der Waals surface area contributed by atoms with E-state index in [4.69, 9.17) is 5.73 Å². The summed E-state index contributed by atoms with van der Waals surface area (Å²) < 4.78 is 28.4. The molecule has 0 radical (unpaired) electrons. The minimum absolute atomic E-state index is 0.124. The highest BCUT2D eigenvalue weighted by atomic mass is 19.3. The zero-order valence-corrected chi connectivity index (χ0v) is 12.0. The second-order valence-corrected chi connectivity index (χ2v) is 4.77. The van der Waals surface area contributed by atoms with Gasteiger partial charge in [0.05, 0.1) is 0 Å². The van der Waals surface area contributed by atoms with Crippen LogP contribution in [0.2, 0.25) is 0 Å². The van der Waals surface area contributed by atoms with E-state index in [1.165, 1.54) is 18.5 Å². The average molecular weight is 309 g/mol. The highest BCUT2D eigenvalue weighted by molar-refractivity contribution is 5.30. The lowest BCUT2D eigenvalue weighted by atomic mass is 10.1. The molecule has 1 atom stereocenters. The van der Waals surface area contributed by atoms with Gasteiger partial charge in [-0.15, -0.1) is 0 Å². The van der Waals surface area contributed by atoms with Crippen LogP contribution in [0.1, 0.15) is 18.9 Å². The van der Waals surface area contributed by atoms with Crippen LogP contribution in [0.25, 0.3) is 0 Å². The van der Waals surface area contributed by atoms with Gasteiger partial charge in [-0.2, -0.15) is 13.8 Å². The van der Waals surface area contributed by atoms with E-state index in [9.17, 15) is 8.78 Å². The molecule has 0 fully saturated rings. The van der Waals surface area contributed by atoms with Gasteiger partial charge in [-0.05, 0) is 37.5 Å². The number of nitrogens with two attached hydrogens (primary N) is 1. The van der Waals surface area contributed by atoms with Gasteiger partial charge in [0.15, 0.2) is 0 Å². The monoisotopic (exact) mass is 309 g/mol. The fraction of sp³-hybridized carbons (Fsp3) is 0.357. The van der Waals surface area contributed by atoms with E-state index in [1.807, 2.05) is 6.92 Å². The van der Waals surface area contributed by atoms with Crippen LogP contribution in [-0.4, -0.2) is 27.6 Å². The number of anilines is 2. The summed E-state index contributed by atoms with van der Waals surface area (Å²) in [5.41, 5.74) is 6.51. The molecule has 6 nitrogen and oxygen atoms in total. The third-order valence-corrected chi connectivity index (χ3v) is 2.98. The van der Waals surface area contributed by atoms with Crippen molar-refractivity contribution in [3.8, 4) is 5.75 Å². The Labute approximate surface area is 126 Å². The van der Waals surface area contributed by atoms with Gasteiger partial charge in [-0.1, -0.05) is 12.1 Å². The van der Waals surface area contributed by atoms with Crippen molar-refractivity contribution in [3.05, 3.63) is 36.2 Å². The molecule has 0 aliphatic carbocycles. The number of aryl methyl sites for hydroxylation is 1. The Kier molecular flexibility index (Phi) is 5.40. The van der Waals surface area contributed by atoms with Crippen molar-refractivity contribution in [1.82, 2.24) is 15.0 Å². The maximum absolute atomic E-state index is 12.1. The van der Waals surface area contributed by atoms with Crippen LogP contribution in [0.3, 0.4) is 0 Å². The predicted octanol–water partition coefficient (Wildman–Crippen LogP) is 2.49. The van der Waals surface area contributed by atoms with Crippen molar-refractivity contribution < 1.29 is 13.5 Å². The fourth-order valence-electron chi connectivity index (χ4n) is 1.89. The molecule has 1 aromatic heterocycles. The van der Waals surface area contributed by atoms with Crippen LogP contribution in [0.15, 0.2) is 30.6 Å². The molecule has 0 saturated heterocycles. The van der Waals surface area contributed by atoms with E-state index >= 15 is 0 Å². The molecule has 0 bridgehead atoms. The number of ether oxygens (including phenoxy) is 1. The summed E-state index contributed by atoms with van der Waals surface area (Å²) in [6.45, 7) is -0.809. The first-order chi connectivity index (χ1) is 10.5. The lowest BCUT2D eigenvalue weighted by Gasteiger charge is -2.13. The van der Waals surface area contributed by atoms with Crippen molar-refractivity contribution in [2.75, 3.05) is 11.1 Å². The van der Waals surface area contributed by atoms with E-state index in [-0.39, 0.29) is 17.7 Å². The number of aromatic nitrogens is 3. The van der Waals surface area contributed by atoms with Gasteiger partial charge in [0.1, 0.15) is 12.1 Å². The first-order valence-electron chi connectivity index (χ1n) is 6.77. The van der Waals surface area contributed by atoms with E-state index in [1.54, 1.807) is 12.1 Å². The quantitative estimate of drug-likeness (QED) is 0.817. The zero-order chi connectivity index (χ0) is 15.9. The zero-order valence-electron chi connectivity index (χ0n) is 12.0. The minimum Gasteiger partial charge on any atom is -0.435 e. The molecule has 0 saturated carbocycles. The fourth-order valence-corrected chi connectivity index (χ4v) is 1.89. The molecule has 1 heterocycles. The molecular formula is C14H17F2N5O. The average Bonchev–Trinajstić information content (AvgIpc) is 2.46. The maximum Gasteiger partial charge on any atom is 0.387 e. The summed E-state index contributed by atoms with van der Waals surface area (Å²) in [4.78, 5) is 11.7. The molecule has 2 aromatic rings. The molecule has 1 unspecified atom stereocenters. The summed E-state index contributed by atoms with van der Waals surface area (Å²) in [6.07, 6.45) is 2.95. The largest absolute Gasteiger partial charge is 0.435 e. The van der Waals surface area contributed by atoms with E-state index < -0.39 is 6.61 Å². The normalized spacial score (nSPS) is 12.2. The van der Waals surface area contributed by atoms with E-state index in [0.717, 1.165) is 18.4 Å². The second-order valence-electron chi connectivity index (χ2n) is 4.77. The van der Waals surface area contributed by atoms with Crippen molar-refractivity contribution in [1.29, 1.82) is 0 Å². The molecule has 0 aliphatic heterocycles. The molecular weight excluding hydrogens is 292 g/mol. The SMILES string of the molecule is CC(CCc1ccc(OC(F)F)cc1)Nc1ncnc(N)n1. The standard InChI is InChI=1S/C14H17F2N5O/c1-9(20-14-19-8-18-13(17)21-14)2-3-10-4-6-11(7-5-10)22-12(15)16/h4-9,12H,2-3H2,1H3,(H3,17,18,19,20,21). The number of benzene rings is 1. The number of alkyl halides is 2. The van der Waals surface area contributed by atoms with Crippen LogP contribution in [0, 0.1) is 0 Å². The molecule has 1 aromatic carbocycles. The van der Waals surface area contributed by atoms with Crippen molar-refractivity contribution in [2.24, 2.45) is 0 Å². The highest BCUT2D eigenvalue weighted by Crippen LogP contribution is 2.16. The number of hydrogen-bond donors (Lipinski definition) is 2. The molecule has 22 heavy (non-hydrogen) atoms. The van der Waals surface area contributed by atoms with E-state index in [0.29, 0.717) is 5.95 Å². The van der Waals surface area contributed by atoms with Gasteiger partial charge in [0, 0.05) is 6.04 Å². The number of nitrogen functional groups attached to an aromatic ring is 1. The molecule has 8 heteroatoms. The predicted molar refractivity (Wildman–Crippen MR) is 78.7 cm³/mol. The Morgan fingerprint density at radius 3 is 2.59 bits per heavy atom. The van der Waals surface area contributed by atoms with Crippen LogP contribution in [-0.2, 0) is 6.42 Å². The summed E-state index contributed by atoms with van der Waals surface area (Å²) >= 11 is 0. The van der Waals surface area contributed by atoms with E-state index in [2.05, 4.69) is 25.0 Å². The lowest BCUT2D eigenvalue weighted by Crippen LogP contribution is -2.18. The third-order valence-electron chi connectivity index (χ3n) is 2.98. The summed E-state index contributed by atoms with van der Waals surface area (Å²) in [6, 6.07) is 6.73. The van der Waals surface area contributed by atoms with Crippen molar-refractivity contribution >= 4 is 11.9 Å². The first-order valence-corrected chi connectivity index (χ1v) is 6.77. The topological polar surface area (TPSA) is 86.0 Å². The van der Waals surface area contributed by atoms with Crippen LogP contribution in [0.4, 0.5) is 20.7 Å². The van der Waals surface area contributed by atoms with Crippen molar-refractivity contribution in [3.63, 3.8) is 0 Å². The Bertz CT molecular complexity index is 594. The molecule has 0 aliphatic rings. The van der Waals surface area contributed by atoms with Crippen LogP contribution in [0.5, 0.6) is 5.75 Å². The highest BCUT2D eigenvalue weighted by Gasteiger charge is 2.07. The van der Waals surface area contributed by atoms with Gasteiger partial charge in [-0.25, -0.2) is 9.97 Å². The molecule has 2 rings (SSSR count). The molecule has 0 amide bonds. The number of rotatable bonds is 7. The Morgan fingerprint density at radius 1 is 1.23 bits per heavy atom. The number of hydrogen-bond acceptors (Lipinski definition) is 6. The smallest absolute Gasteiger partial charge is 0.387 e. The minimum atomic E-state index is -2.80. The maximum atomic E-state index is 12.1. The number of nitrogens with one attached hydrogen (secondary N) is 1. The molecule has 0 spiro atoms. The van der Waals surface area contributed by atoms with Crippen LogP contribution < -0.4 is 15.8 Å². The molecule has 118 valence electrons. The Hall–Kier alpha value is -2.51. The van der Waals surface area contributed by atoms with Gasteiger partial charge < -0.3 is 15.8 Å². The number of nitrogens with zero attached hydrogens (tertiary/aromatic N) is 3. The second kappa shape index (κ2) is 7.48. The molecule has 3 N–H and O–H groups in total. The lowest BCUT2D eigenvalue weighted by molar-refractivity contribution is -0.0498. The Morgan fingerprint density at radius 2 is 1.95 bits per heavy atom. The van der Waals surface area contributed by atoms with Gasteiger partial charge in [0.2, 0.25) is 11.9 Å². The van der Waals surface area contributed by atoms with Crippen molar-refractivity contribution in [2.45, 2.75) is 32.4 Å². The first kappa shape index (κ1) is 15.9. The van der Waals surface area contributed by atoms with Crippen LogP contribution >= 0.6 is 0 Å². The summed E-state index contributed by atoms with van der Waals surface area (Å²) in [7, 11) is 0. The van der Waals surface area contributed by atoms with Gasteiger partial charge >= 0.3 is 6.61 Å². The number of halogens is 2. The third kappa shape index (κ3) is 5.12.